The van der Waals surface area contributed by atoms with Crippen molar-refractivity contribution in [2.75, 3.05) is 0 Å². The van der Waals surface area contributed by atoms with Crippen LogP contribution < -0.4 is 9.57 Å². The summed E-state index contributed by atoms with van der Waals surface area (Å²) in [5.74, 6) is -0.986. The summed E-state index contributed by atoms with van der Waals surface area (Å²) >= 11 is 0. The monoisotopic (exact) mass is 577 g/mol. The van der Waals surface area contributed by atoms with Crippen LogP contribution in [0.15, 0.2) is 103 Å². The van der Waals surface area contributed by atoms with Gasteiger partial charge in [0.2, 0.25) is 0 Å². The number of pyridine rings is 1. The lowest BCUT2D eigenvalue weighted by molar-refractivity contribution is -0.711. The fourth-order valence-corrected chi connectivity index (χ4v) is 5.07. The Kier molecular flexibility index (Phi) is 7.40. The fraction of sp³-hybridized carbons (Fsp3) is 0.0909. The van der Waals surface area contributed by atoms with Crippen molar-refractivity contribution in [1.82, 2.24) is 9.55 Å². The zero-order valence-corrected chi connectivity index (χ0v) is 22.6. The first kappa shape index (κ1) is 27.4. The number of carboxylic acid groups (broad SMARTS) is 1. The van der Waals surface area contributed by atoms with Gasteiger partial charge in [-0.1, -0.05) is 36.4 Å². The van der Waals surface area contributed by atoms with Crippen LogP contribution in [0.5, 0.6) is 11.5 Å². The zero-order valence-electron chi connectivity index (χ0n) is 22.6. The van der Waals surface area contributed by atoms with E-state index in [1.807, 2.05) is 65.4 Å². The molecule has 9 nitrogen and oxygen atoms in total. The predicted molar refractivity (Wildman–Crippen MR) is 157 cm³/mol. The highest BCUT2D eigenvalue weighted by Crippen LogP contribution is 2.31. The molecule has 0 amide bonds. The minimum atomic E-state index is -1.01. The molecule has 0 unspecified atom stereocenters. The van der Waals surface area contributed by atoms with Crippen LogP contribution in [-0.4, -0.2) is 25.7 Å². The van der Waals surface area contributed by atoms with E-state index in [-0.39, 0.29) is 24.5 Å². The molecule has 4 aromatic carbocycles. The van der Waals surface area contributed by atoms with Gasteiger partial charge in [0.05, 0.1) is 16.8 Å². The van der Waals surface area contributed by atoms with Gasteiger partial charge in [0.15, 0.2) is 0 Å². The molecule has 43 heavy (non-hydrogen) atoms. The van der Waals surface area contributed by atoms with Crippen molar-refractivity contribution in [3.05, 3.63) is 147 Å². The van der Waals surface area contributed by atoms with Crippen LogP contribution in [0, 0.1) is 15.9 Å². The molecule has 0 saturated carbocycles. The first-order valence-corrected chi connectivity index (χ1v) is 13.3. The maximum absolute atomic E-state index is 14.1. The second-order valence-electron chi connectivity index (χ2n) is 9.99. The molecule has 6 rings (SSSR count). The minimum absolute atomic E-state index is 0.0538. The van der Waals surface area contributed by atoms with E-state index in [1.165, 1.54) is 12.1 Å². The Labute approximate surface area is 244 Å². The number of ether oxygens (including phenoxy) is 1. The average Bonchev–Trinajstić information content (AvgIpc) is 3.33. The topological polar surface area (TPSA) is 117 Å². The molecule has 0 aliphatic heterocycles. The number of benzene rings is 4. The van der Waals surface area contributed by atoms with Crippen molar-refractivity contribution in [3.63, 3.8) is 0 Å². The Morgan fingerprint density at radius 2 is 1.77 bits per heavy atom. The van der Waals surface area contributed by atoms with Gasteiger partial charge in [-0.2, -0.15) is 0 Å². The molecule has 10 heteroatoms. The van der Waals surface area contributed by atoms with Crippen molar-refractivity contribution >= 4 is 27.8 Å². The first-order chi connectivity index (χ1) is 20.8. The Balaban J connectivity index is 1.34. The summed E-state index contributed by atoms with van der Waals surface area (Å²) in [6, 6.07) is 27.6. The molecule has 0 fully saturated rings. The number of aromatic carboxylic acids is 1. The molecule has 0 saturated heterocycles. The Morgan fingerprint density at radius 3 is 2.56 bits per heavy atom. The van der Waals surface area contributed by atoms with E-state index in [0.29, 0.717) is 17.7 Å². The number of fused-ring (bicyclic) bond motifs is 2. The van der Waals surface area contributed by atoms with Gasteiger partial charge in [0.25, 0.3) is 5.09 Å². The number of carboxylic acids is 1. The van der Waals surface area contributed by atoms with E-state index in [4.69, 9.17) is 9.57 Å². The second-order valence-corrected chi connectivity index (χ2v) is 9.99. The van der Waals surface area contributed by atoms with E-state index >= 15 is 0 Å². The standard InChI is InChI=1S/C33H24FN3O6/c34-26-10-14-32(43-37(40)41)25(16-26)19-36-18-24(15-21-5-7-23(8-6-21)33(38)39)29-17-28(12-13-31(29)36)42-20-27-11-9-22-3-1-2-4-30(22)35-27/h1-14,16-18H,15,19-20H2,(H,38,39). The molecule has 0 bridgehead atoms. The number of hydrogen-bond donors (Lipinski definition) is 1. The van der Waals surface area contributed by atoms with E-state index in [0.717, 1.165) is 44.7 Å². The molecule has 0 radical (unpaired) electrons. The molecule has 214 valence electrons. The van der Waals surface area contributed by atoms with Gasteiger partial charge in [-0.3, -0.25) is 4.84 Å². The predicted octanol–water partition coefficient (Wildman–Crippen LogP) is 6.82. The van der Waals surface area contributed by atoms with Crippen molar-refractivity contribution in [2.45, 2.75) is 19.6 Å². The van der Waals surface area contributed by atoms with Crippen LogP contribution in [0.4, 0.5) is 4.39 Å². The number of carbonyl (C=O) groups is 1. The largest absolute Gasteiger partial charge is 0.487 e. The molecule has 0 aliphatic carbocycles. The smallest absolute Gasteiger partial charge is 0.335 e. The number of rotatable bonds is 10. The first-order valence-electron chi connectivity index (χ1n) is 13.3. The van der Waals surface area contributed by atoms with Crippen molar-refractivity contribution < 1.29 is 29.0 Å². The normalized spacial score (nSPS) is 11.1. The lowest BCUT2D eigenvalue weighted by Crippen LogP contribution is -2.08. The van der Waals surface area contributed by atoms with Gasteiger partial charge in [-0.05, 0) is 78.2 Å². The summed E-state index contributed by atoms with van der Waals surface area (Å²) < 4.78 is 22.1. The van der Waals surface area contributed by atoms with Gasteiger partial charge in [0, 0.05) is 34.6 Å². The molecule has 0 spiro atoms. The number of aromatic nitrogens is 2. The van der Waals surface area contributed by atoms with Crippen LogP contribution in [-0.2, 0) is 19.6 Å². The molecular formula is C33H24FN3O6. The van der Waals surface area contributed by atoms with E-state index in [1.54, 1.807) is 24.3 Å². The van der Waals surface area contributed by atoms with Crippen LogP contribution in [0.1, 0.15) is 32.7 Å². The van der Waals surface area contributed by atoms with Crippen molar-refractivity contribution in [2.24, 2.45) is 0 Å². The van der Waals surface area contributed by atoms with E-state index in [9.17, 15) is 24.4 Å². The summed E-state index contributed by atoms with van der Waals surface area (Å²) in [6.07, 6.45) is 2.37. The number of para-hydroxylation sites is 1. The molecule has 1 N–H and O–H groups in total. The molecular weight excluding hydrogens is 553 g/mol. The van der Waals surface area contributed by atoms with Gasteiger partial charge in [-0.25, -0.2) is 14.2 Å². The third-order valence-corrected chi connectivity index (χ3v) is 7.11. The number of hydrogen-bond acceptors (Lipinski definition) is 6. The summed E-state index contributed by atoms with van der Waals surface area (Å²) in [4.78, 5) is 31.7. The molecule has 2 aromatic heterocycles. The third kappa shape index (κ3) is 6.13. The Morgan fingerprint density at radius 1 is 0.953 bits per heavy atom. The highest BCUT2D eigenvalue weighted by atomic mass is 19.1. The molecule has 0 atom stereocenters. The number of halogens is 1. The minimum Gasteiger partial charge on any atom is -0.487 e. The van der Waals surface area contributed by atoms with Gasteiger partial charge in [0.1, 0.15) is 23.9 Å². The lowest BCUT2D eigenvalue weighted by Gasteiger charge is -2.11. The van der Waals surface area contributed by atoms with Crippen LogP contribution in [0.3, 0.4) is 0 Å². The van der Waals surface area contributed by atoms with Gasteiger partial charge < -0.3 is 14.4 Å². The molecule has 0 aliphatic rings. The van der Waals surface area contributed by atoms with E-state index in [2.05, 4.69) is 4.98 Å². The second kappa shape index (κ2) is 11.6. The van der Waals surface area contributed by atoms with Crippen LogP contribution in [0.2, 0.25) is 0 Å². The molecule has 6 aromatic rings. The highest BCUT2D eigenvalue weighted by molar-refractivity contribution is 5.88. The Bertz CT molecular complexity index is 1990. The fourth-order valence-electron chi connectivity index (χ4n) is 5.07. The third-order valence-electron chi connectivity index (χ3n) is 7.11. The zero-order chi connectivity index (χ0) is 29.9. The summed E-state index contributed by atoms with van der Waals surface area (Å²) in [6.45, 7) is 0.366. The van der Waals surface area contributed by atoms with Gasteiger partial charge in [-0.15, -0.1) is 10.1 Å². The number of nitrogens with zero attached hydrogens (tertiary/aromatic N) is 3. The van der Waals surface area contributed by atoms with Crippen LogP contribution >= 0.6 is 0 Å². The maximum atomic E-state index is 14.1. The summed E-state index contributed by atoms with van der Waals surface area (Å²) in [7, 11) is 0. The quantitative estimate of drug-likeness (QED) is 0.140. The maximum Gasteiger partial charge on any atom is 0.335 e. The van der Waals surface area contributed by atoms with E-state index < -0.39 is 16.9 Å². The van der Waals surface area contributed by atoms with Crippen molar-refractivity contribution in [1.29, 1.82) is 0 Å². The Hall–Kier alpha value is -5.77. The lowest BCUT2D eigenvalue weighted by atomic mass is 10.0. The molecule has 2 heterocycles. The highest BCUT2D eigenvalue weighted by Gasteiger charge is 2.15. The summed E-state index contributed by atoms with van der Waals surface area (Å²) in [5, 5.41) is 21.3. The van der Waals surface area contributed by atoms with Crippen molar-refractivity contribution in [3.8, 4) is 11.5 Å². The van der Waals surface area contributed by atoms with Crippen LogP contribution in [0.25, 0.3) is 21.8 Å². The summed E-state index contributed by atoms with van der Waals surface area (Å²) in [5.41, 5.74) is 4.73. The van der Waals surface area contributed by atoms with Gasteiger partial charge >= 0.3 is 5.97 Å². The average molecular weight is 578 g/mol. The SMILES string of the molecule is O=C(O)c1ccc(Cc2cn(Cc3cc(F)ccc3O[N+](=O)[O-])c3ccc(OCc4ccc5ccccc5n4)cc23)cc1.